The minimum atomic E-state index is -3.60. The van der Waals surface area contributed by atoms with Gasteiger partial charge in [0.15, 0.2) is 0 Å². The van der Waals surface area contributed by atoms with Gasteiger partial charge in [0, 0.05) is 24.7 Å². The number of hydrogen-bond acceptors (Lipinski definition) is 5. The van der Waals surface area contributed by atoms with Gasteiger partial charge in [-0.15, -0.1) is 12.4 Å². The fourth-order valence-electron chi connectivity index (χ4n) is 3.63. The number of sulfonamides is 1. The standard InChI is InChI=1S/C19H28N4O3S.ClH/c1-3-4-8-16(19(24)23-12-10-14(20-2)11-13-23)21-18-15-7-5-6-9-17(15)27(25,26)22-18;/h5-7,9,14,16,20H,3-4,8,10-13H2,1-2H3,(H,21,22);1H. The Bertz CT molecular complexity index is 820. The van der Waals surface area contributed by atoms with Gasteiger partial charge in [-0.1, -0.05) is 31.9 Å². The predicted octanol–water partition coefficient (Wildman–Crippen LogP) is 1.92. The zero-order chi connectivity index (χ0) is 19.4. The summed E-state index contributed by atoms with van der Waals surface area (Å²) in [6, 6.07) is 6.65. The van der Waals surface area contributed by atoms with Crippen LogP contribution in [0.5, 0.6) is 0 Å². The fourth-order valence-corrected chi connectivity index (χ4v) is 4.86. The lowest BCUT2D eigenvalue weighted by molar-refractivity contribution is -0.133. The molecule has 1 aromatic rings. The average Bonchev–Trinajstić information content (AvgIpc) is 2.95. The van der Waals surface area contributed by atoms with Crippen molar-refractivity contribution in [3.63, 3.8) is 0 Å². The first-order valence-electron chi connectivity index (χ1n) is 9.62. The Morgan fingerprint density at radius 3 is 2.64 bits per heavy atom. The van der Waals surface area contributed by atoms with Gasteiger partial charge >= 0.3 is 0 Å². The molecule has 1 saturated heterocycles. The maximum atomic E-state index is 13.1. The van der Waals surface area contributed by atoms with E-state index in [-0.39, 0.29) is 29.0 Å². The largest absolute Gasteiger partial charge is 0.341 e. The van der Waals surface area contributed by atoms with E-state index in [4.69, 9.17) is 0 Å². The number of halogens is 1. The molecule has 156 valence electrons. The monoisotopic (exact) mass is 428 g/mol. The third-order valence-corrected chi connectivity index (χ3v) is 6.68. The van der Waals surface area contributed by atoms with Gasteiger partial charge in [0.1, 0.15) is 11.9 Å². The molecule has 3 rings (SSSR count). The molecular weight excluding hydrogens is 400 g/mol. The van der Waals surface area contributed by atoms with Crippen molar-refractivity contribution < 1.29 is 13.2 Å². The number of carbonyl (C=O) groups excluding carboxylic acids is 1. The molecule has 0 radical (unpaired) electrons. The van der Waals surface area contributed by atoms with Crippen LogP contribution in [0.25, 0.3) is 0 Å². The van der Waals surface area contributed by atoms with Crippen molar-refractivity contribution in [1.82, 2.24) is 14.9 Å². The normalized spacial score (nSPS) is 20.9. The molecule has 2 heterocycles. The Hall–Kier alpha value is -1.64. The zero-order valence-corrected chi connectivity index (χ0v) is 18.0. The van der Waals surface area contributed by atoms with Gasteiger partial charge in [-0.3, -0.25) is 14.5 Å². The van der Waals surface area contributed by atoms with Crippen molar-refractivity contribution in [2.45, 2.75) is 56.0 Å². The summed E-state index contributed by atoms with van der Waals surface area (Å²) in [5.74, 6) is 0.277. The second-order valence-electron chi connectivity index (χ2n) is 7.13. The van der Waals surface area contributed by atoms with E-state index in [9.17, 15) is 13.2 Å². The fraction of sp³-hybridized carbons (Fsp3) is 0.579. The molecule has 2 aliphatic rings. The molecule has 28 heavy (non-hydrogen) atoms. The number of aliphatic imine (C=N–C) groups is 1. The Morgan fingerprint density at radius 1 is 1.32 bits per heavy atom. The predicted molar refractivity (Wildman–Crippen MR) is 113 cm³/mol. The number of fused-ring (bicyclic) bond motifs is 1. The van der Waals surface area contributed by atoms with E-state index >= 15 is 0 Å². The molecule has 1 unspecified atom stereocenters. The molecule has 0 saturated carbocycles. The van der Waals surface area contributed by atoms with E-state index < -0.39 is 16.1 Å². The third kappa shape index (κ3) is 4.85. The van der Waals surface area contributed by atoms with Crippen LogP contribution in [-0.4, -0.2) is 57.3 Å². The molecule has 7 nitrogen and oxygen atoms in total. The van der Waals surface area contributed by atoms with Crippen LogP contribution >= 0.6 is 12.4 Å². The number of benzene rings is 1. The van der Waals surface area contributed by atoms with Crippen LogP contribution < -0.4 is 10.0 Å². The molecule has 0 aliphatic carbocycles. The van der Waals surface area contributed by atoms with Gasteiger partial charge < -0.3 is 10.2 Å². The summed E-state index contributed by atoms with van der Waals surface area (Å²) in [5, 5.41) is 3.26. The molecule has 1 amide bonds. The van der Waals surface area contributed by atoms with Gasteiger partial charge in [0.2, 0.25) is 5.91 Å². The summed E-state index contributed by atoms with van der Waals surface area (Å²) in [6.07, 6.45) is 4.30. The van der Waals surface area contributed by atoms with Crippen molar-refractivity contribution in [2.24, 2.45) is 4.99 Å². The minimum absolute atomic E-state index is 0. The molecule has 0 aromatic heterocycles. The molecule has 2 aliphatic heterocycles. The molecule has 9 heteroatoms. The maximum absolute atomic E-state index is 13.1. The highest BCUT2D eigenvalue weighted by Gasteiger charge is 2.33. The minimum Gasteiger partial charge on any atom is -0.341 e. The van der Waals surface area contributed by atoms with Crippen LogP contribution in [0.1, 0.15) is 44.6 Å². The van der Waals surface area contributed by atoms with E-state index in [2.05, 4.69) is 22.0 Å². The lowest BCUT2D eigenvalue weighted by Gasteiger charge is -2.33. The smallest absolute Gasteiger partial charge is 0.263 e. The van der Waals surface area contributed by atoms with Gasteiger partial charge in [-0.2, -0.15) is 0 Å². The Kier molecular flexibility index (Phi) is 7.86. The second-order valence-corrected chi connectivity index (χ2v) is 8.78. The van der Waals surface area contributed by atoms with Crippen molar-refractivity contribution in [2.75, 3.05) is 20.1 Å². The van der Waals surface area contributed by atoms with Gasteiger partial charge in [-0.25, -0.2) is 8.42 Å². The van der Waals surface area contributed by atoms with Crippen LogP contribution in [-0.2, 0) is 14.8 Å². The summed E-state index contributed by atoms with van der Waals surface area (Å²) in [7, 11) is -1.65. The summed E-state index contributed by atoms with van der Waals surface area (Å²) >= 11 is 0. The van der Waals surface area contributed by atoms with Gasteiger partial charge in [0.05, 0.1) is 4.90 Å². The number of unbranched alkanes of at least 4 members (excludes halogenated alkanes) is 1. The number of amides is 1. The molecule has 0 bridgehead atoms. The first-order valence-corrected chi connectivity index (χ1v) is 11.1. The van der Waals surface area contributed by atoms with Gasteiger partial charge in [0.25, 0.3) is 10.0 Å². The molecular formula is C19H29ClN4O3S. The van der Waals surface area contributed by atoms with Crippen LogP contribution in [0.15, 0.2) is 34.2 Å². The van der Waals surface area contributed by atoms with Crippen LogP contribution in [0.2, 0.25) is 0 Å². The van der Waals surface area contributed by atoms with Crippen LogP contribution in [0, 0.1) is 0 Å². The zero-order valence-electron chi connectivity index (χ0n) is 16.3. The lowest BCUT2D eigenvalue weighted by atomic mass is 10.0. The Labute approximate surface area is 173 Å². The number of rotatable bonds is 6. The quantitative estimate of drug-likeness (QED) is 0.724. The highest BCUT2D eigenvalue weighted by Crippen LogP contribution is 2.24. The number of likely N-dealkylation sites (tertiary alicyclic amines) is 1. The number of amidine groups is 1. The van der Waals surface area contributed by atoms with Crippen molar-refractivity contribution in [3.8, 4) is 0 Å². The van der Waals surface area contributed by atoms with E-state index in [0.29, 0.717) is 31.1 Å². The highest BCUT2D eigenvalue weighted by molar-refractivity contribution is 7.90. The highest BCUT2D eigenvalue weighted by atomic mass is 35.5. The van der Waals surface area contributed by atoms with Crippen LogP contribution in [0.3, 0.4) is 0 Å². The number of carbonyl (C=O) groups is 1. The lowest BCUT2D eigenvalue weighted by Crippen LogP contribution is -2.47. The van der Waals surface area contributed by atoms with Crippen molar-refractivity contribution >= 4 is 34.2 Å². The molecule has 0 spiro atoms. The Morgan fingerprint density at radius 2 is 2.00 bits per heavy atom. The number of nitrogens with zero attached hydrogens (tertiary/aromatic N) is 2. The molecule has 1 fully saturated rings. The topological polar surface area (TPSA) is 90.9 Å². The molecule has 1 aromatic carbocycles. The summed E-state index contributed by atoms with van der Waals surface area (Å²) in [5.41, 5.74) is 0.542. The maximum Gasteiger partial charge on any atom is 0.263 e. The molecule has 1 atom stereocenters. The van der Waals surface area contributed by atoms with Crippen LogP contribution in [0.4, 0.5) is 0 Å². The first-order chi connectivity index (χ1) is 13.0. The number of piperidine rings is 1. The SMILES string of the molecule is CCCCC(N=C1NS(=O)(=O)c2ccccc21)C(=O)N1CCC(NC)CC1.Cl. The number of hydrogen-bond donors (Lipinski definition) is 2. The van der Waals surface area contributed by atoms with Gasteiger partial charge in [-0.05, 0) is 38.4 Å². The number of nitrogens with one attached hydrogen (secondary N) is 2. The third-order valence-electron chi connectivity index (χ3n) is 5.28. The summed E-state index contributed by atoms with van der Waals surface area (Å²) < 4.78 is 27.1. The van der Waals surface area contributed by atoms with E-state index in [1.54, 1.807) is 24.3 Å². The average molecular weight is 429 g/mol. The summed E-state index contributed by atoms with van der Waals surface area (Å²) in [6.45, 7) is 3.49. The van der Waals surface area contributed by atoms with E-state index in [1.165, 1.54) is 0 Å². The first kappa shape index (κ1) is 22.6. The van der Waals surface area contributed by atoms with E-state index in [0.717, 1.165) is 25.7 Å². The van der Waals surface area contributed by atoms with Crippen molar-refractivity contribution in [3.05, 3.63) is 29.8 Å². The summed E-state index contributed by atoms with van der Waals surface area (Å²) in [4.78, 5) is 19.8. The second kappa shape index (κ2) is 9.71. The molecule has 2 N–H and O–H groups in total. The Balaban J connectivity index is 0.00000280. The van der Waals surface area contributed by atoms with Crippen molar-refractivity contribution in [1.29, 1.82) is 0 Å². The van der Waals surface area contributed by atoms with E-state index in [1.807, 2.05) is 11.9 Å².